The molecule has 0 aromatic carbocycles. The van der Waals surface area contributed by atoms with Crippen molar-refractivity contribution in [1.82, 2.24) is 16.0 Å². The fourth-order valence-corrected chi connectivity index (χ4v) is 1.88. The number of carbonyl (C=O) groups excluding carboxylic acids is 2. The van der Waals surface area contributed by atoms with Gasteiger partial charge in [0.25, 0.3) is 0 Å². The number of hydrogen-bond acceptors (Lipinski definition) is 4. The van der Waals surface area contributed by atoms with Crippen molar-refractivity contribution < 1.29 is 14.3 Å². The molecule has 0 aromatic rings. The van der Waals surface area contributed by atoms with E-state index in [9.17, 15) is 9.59 Å². The zero-order valence-corrected chi connectivity index (χ0v) is 12.0. The number of carbonyl (C=O) groups is 2. The third-order valence-corrected chi connectivity index (χ3v) is 2.94. The largest absolute Gasteiger partial charge is 0.376 e. The molecule has 19 heavy (non-hydrogen) atoms. The van der Waals surface area contributed by atoms with Crippen molar-refractivity contribution in [3.63, 3.8) is 0 Å². The molecule has 2 unspecified atom stereocenters. The summed E-state index contributed by atoms with van der Waals surface area (Å²) in [5, 5.41) is 8.49. The first-order valence-corrected chi connectivity index (χ1v) is 6.91. The zero-order chi connectivity index (χ0) is 14.3. The zero-order valence-electron chi connectivity index (χ0n) is 12.0. The number of hydrogen-bond donors (Lipinski definition) is 3. The maximum atomic E-state index is 11.8. The van der Waals surface area contributed by atoms with Gasteiger partial charge in [0.1, 0.15) is 0 Å². The van der Waals surface area contributed by atoms with Crippen LogP contribution in [0.15, 0.2) is 0 Å². The summed E-state index contributed by atoms with van der Waals surface area (Å²) in [5.41, 5.74) is 0. The normalized spacial score (nSPS) is 20.3. The SMILES string of the molecule is CC(C)NC(=O)CNC(C)C(=O)NCC1CCCO1. The Hall–Kier alpha value is -1.14. The highest BCUT2D eigenvalue weighted by molar-refractivity contribution is 5.83. The molecule has 0 spiro atoms. The average Bonchev–Trinajstić information content (AvgIpc) is 2.85. The second-order valence-electron chi connectivity index (χ2n) is 5.20. The molecule has 6 nitrogen and oxygen atoms in total. The second-order valence-corrected chi connectivity index (χ2v) is 5.20. The summed E-state index contributed by atoms with van der Waals surface area (Å²) in [7, 11) is 0. The van der Waals surface area contributed by atoms with E-state index >= 15 is 0 Å². The van der Waals surface area contributed by atoms with Crippen molar-refractivity contribution in [2.75, 3.05) is 19.7 Å². The maximum Gasteiger partial charge on any atom is 0.236 e. The molecule has 0 bridgehead atoms. The minimum Gasteiger partial charge on any atom is -0.376 e. The van der Waals surface area contributed by atoms with Gasteiger partial charge in [-0.05, 0) is 33.6 Å². The van der Waals surface area contributed by atoms with Crippen LogP contribution in [0.1, 0.15) is 33.6 Å². The predicted octanol–water partition coefficient (Wildman–Crippen LogP) is -0.216. The second kappa shape index (κ2) is 8.12. The van der Waals surface area contributed by atoms with Crippen molar-refractivity contribution in [2.24, 2.45) is 0 Å². The molecule has 0 radical (unpaired) electrons. The Morgan fingerprint density at radius 1 is 1.32 bits per heavy atom. The molecule has 0 aromatic heterocycles. The first kappa shape index (κ1) is 15.9. The lowest BCUT2D eigenvalue weighted by molar-refractivity contribution is -0.124. The van der Waals surface area contributed by atoms with Crippen LogP contribution in [0.25, 0.3) is 0 Å². The van der Waals surface area contributed by atoms with Gasteiger partial charge >= 0.3 is 0 Å². The molecule has 1 saturated heterocycles. The van der Waals surface area contributed by atoms with E-state index < -0.39 is 0 Å². The number of ether oxygens (including phenoxy) is 1. The summed E-state index contributed by atoms with van der Waals surface area (Å²) in [5.74, 6) is -0.207. The molecule has 1 fully saturated rings. The van der Waals surface area contributed by atoms with E-state index in [1.165, 1.54) is 0 Å². The predicted molar refractivity (Wildman–Crippen MR) is 72.7 cm³/mol. The molecule has 2 atom stereocenters. The van der Waals surface area contributed by atoms with Gasteiger partial charge in [0.15, 0.2) is 0 Å². The maximum absolute atomic E-state index is 11.8. The Labute approximate surface area is 114 Å². The quantitative estimate of drug-likeness (QED) is 0.598. The van der Waals surface area contributed by atoms with Crippen LogP contribution < -0.4 is 16.0 Å². The standard InChI is InChI=1S/C13H25N3O3/c1-9(2)16-12(17)8-14-10(3)13(18)15-7-11-5-4-6-19-11/h9-11,14H,4-8H2,1-3H3,(H,15,18)(H,16,17). The summed E-state index contributed by atoms with van der Waals surface area (Å²) in [6, 6.07) is -0.280. The van der Waals surface area contributed by atoms with E-state index in [0.717, 1.165) is 19.4 Å². The minimum atomic E-state index is -0.390. The molecule has 0 saturated carbocycles. The van der Waals surface area contributed by atoms with Crippen molar-refractivity contribution >= 4 is 11.8 Å². The van der Waals surface area contributed by atoms with E-state index in [2.05, 4.69) is 16.0 Å². The molecule has 3 N–H and O–H groups in total. The van der Waals surface area contributed by atoms with Gasteiger partial charge in [0.2, 0.25) is 11.8 Å². The van der Waals surface area contributed by atoms with Crippen LogP contribution in [0.3, 0.4) is 0 Å². The molecule has 1 rings (SSSR count). The highest BCUT2D eigenvalue weighted by Crippen LogP contribution is 2.10. The van der Waals surface area contributed by atoms with Crippen LogP contribution in [0.2, 0.25) is 0 Å². The summed E-state index contributed by atoms with van der Waals surface area (Å²) in [6.45, 7) is 7.01. The topological polar surface area (TPSA) is 79.5 Å². The summed E-state index contributed by atoms with van der Waals surface area (Å²) in [6.07, 6.45) is 2.20. The average molecular weight is 271 g/mol. The van der Waals surface area contributed by atoms with Gasteiger partial charge in [0, 0.05) is 19.2 Å². The third kappa shape index (κ3) is 6.54. The van der Waals surface area contributed by atoms with Crippen molar-refractivity contribution in [3.05, 3.63) is 0 Å². The van der Waals surface area contributed by atoms with Crippen LogP contribution in [0.4, 0.5) is 0 Å². The third-order valence-electron chi connectivity index (χ3n) is 2.94. The molecule has 1 aliphatic rings. The highest BCUT2D eigenvalue weighted by Gasteiger charge is 2.18. The van der Waals surface area contributed by atoms with Crippen LogP contribution >= 0.6 is 0 Å². The summed E-state index contributed by atoms with van der Waals surface area (Å²) in [4.78, 5) is 23.2. The van der Waals surface area contributed by atoms with Crippen molar-refractivity contribution in [1.29, 1.82) is 0 Å². The molecule has 6 heteroatoms. The van der Waals surface area contributed by atoms with Gasteiger partial charge in [-0.3, -0.25) is 14.9 Å². The molecule has 2 amide bonds. The van der Waals surface area contributed by atoms with Gasteiger partial charge in [-0.2, -0.15) is 0 Å². The van der Waals surface area contributed by atoms with E-state index in [1.54, 1.807) is 6.92 Å². The number of rotatable bonds is 7. The van der Waals surface area contributed by atoms with Crippen molar-refractivity contribution in [3.8, 4) is 0 Å². The van der Waals surface area contributed by atoms with Gasteiger partial charge in [-0.15, -0.1) is 0 Å². The van der Waals surface area contributed by atoms with Gasteiger partial charge in [0.05, 0.1) is 18.7 Å². The minimum absolute atomic E-state index is 0.103. The van der Waals surface area contributed by atoms with E-state index in [4.69, 9.17) is 4.74 Å². The molecule has 110 valence electrons. The summed E-state index contributed by atoms with van der Waals surface area (Å²) < 4.78 is 5.43. The Morgan fingerprint density at radius 2 is 2.05 bits per heavy atom. The Morgan fingerprint density at radius 3 is 2.63 bits per heavy atom. The summed E-state index contributed by atoms with van der Waals surface area (Å²) >= 11 is 0. The Balaban J connectivity index is 2.15. The molecular formula is C13H25N3O3. The lowest BCUT2D eigenvalue weighted by Gasteiger charge is -2.16. The van der Waals surface area contributed by atoms with Gasteiger partial charge < -0.3 is 15.4 Å². The first-order valence-electron chi connectivity index (χ1n) is 6.91. The van der Waals surface area contributed by atoms with Crippen LogP contribution in [-0.4, -0.2) is 49.7 Å². The van der Waals surface area contributed by atoms with Gasteiger partial charge in [-0.1, -0.05) is 0 Å². The fourth-order valence-electron chi connectivity index (χ4n) is 1.88. The van der Waals surface area contributed by atoms with E-state index in [0.29, 0.717) is 6.54 Å². The number of nitrogens with one attached hydrogen (secondary N) is 3. The molecule has 0 aliphatic carbocycles. The smallest absolute Gasteiger partial charge is 0.236 e. The van der Waals surface area contributed by atoms with Crippen LogP contribution in [0, 0.1) is 0 Å². The first-order chi connectivity index (χ1) is 8.99. The Bertz CT molecular complexity index is 302. The van der Waals surface area contributed by atoms with E-state index in [-0.39, 0.29) is 36.5 Å². The number of amides is 2. The van der Waals surface area contributed by atoms with Crippen LogP contribution in [-0.2, 0) is 14.3 Å². The van der Waals surface area contributed by atoms with Crippen molar-refractivity contribution in [2.45, 2.75) is 51.8 Å². The van der Waals surface area contributed by atoms with Gasteiger partial charge in [-0.25, -0.2) is 0 Å². The lowest BCUT2D eigenvalue weighted by Crippen LogP contribution is -2.48. The Kier molecular flexibility index (Phi) is 6.80. The molecule has 1 aliphatic heterocycles. The molecular weight excluding hydrogens is 246 g/mol. The monoisotopic (exact) mass is 271 g/mol. The van der Waals surface area contributed by atoms with E-state index in [1.807, 2.05) is 13.8 Å². The molecule has 1 heterocycles. The highest BCUT2D eigenvalue weighted by atomic mass is 16.5. The lowest BCUT2D eigenvalue weighted by atomic mass is 10.2. The van der Waals surface area contributed by atoms with Crippen LogP contribution in [0.5, 0.6) is 0 Å². The fraction of sp³-hybridized carbons (Fsp3) is 0.846.